The quantitative estimate of drug-likeness (QED) is 0.158. The first-order valence-corrected chi connectivity index (χ1v) is 9.74. The molecule has 0 aromatic heterocycles. The minimum atomic E-state index is -1.30. The second-order valence-electron chi connectivity index (χ2n) is 7.36. The largest absolute Gasteiger partial charge is 0.480 e. The Kier molecular flexibility index (Phi) is 12.8. The lowest BCUT2D eigenvalue weighted by atomic mass is 10.0. The number of hydrogen-bond acceptors (Lipinski definition) is 7. The van der Waals surface area contributed by atoms with Gasteiger partial charge in [-0.1, -0.05) is 13.8 Å². The van der Waals surface area contributed by atoms with Gasteiger partial charge in [-0.25, -0.2) is 4.79 Å². The molecule has 0 aromatic carbocycles. The Morgan fingerprint density at radius 1 is 0.897 bits per heavy atom. The highest BCUT2D eigenvalue weighted by molar-refractivity contribution is 5.93. The maximum Gasteiger partial charge on any atom is 0.326 e. The van der Waals surface area contributed by atoms with E-state index in [2.05, 4.69) is 16.0 Å². The molecule has 0 saturated carbocycles. The molecule has 0 bridgehead atoms. The smallest absolute Gasteiger partial charge is 0.326 e. The van der Waals surface area contributed by atoms with Gasteiger partial charge in [0.2, 0.25) is 17.7 Å². The highest BCUT2D eigenvalue weighted by atomic mass is 16.4. The van der Waals surface area contributed by atoms with E-state index in [1.54, 1.807) is 0 Å². The number of unbranched alkanes of at least 4 members (excludes halogenated alkanes) is 1. The van der Waals surface area contributed by atoms with Crippen molar-refractivity contribution in [1.82, 2.24) is 16.0 Å². The predicted molar refractivity (Wildman–Crippen MR) is 107 cm³/mol. The molecule has 0 radical (unpaired) electrons. The van der Waals surface area contributed by atoms with Gasteiger partial charge in [-0.05, 0) is 45.1 Å². The lowest BCUT2D eigenvalue weighted by Gasteiger charge is -2.26. The molecule has 4 atom stereocenters. The van der Waals surface area contributed by atoms with E-state index in [1.807, 2.05) is 13.8 Å². The third kappa shape index (κ3) is 10.8. The number of nitrogens with two attached hydrogens (primary N) is 2. The number of aliphatic hydroxyl groups excluding tert-OH is 1. The summed E-state index contributed by atoms with van der Waals surface area (Å²) in [6, 6.07) is -3.44. The molecule has 0 rings (SSSR count). The number of hydrogen-bond donors (Lipinski definition) is 7. The van der Waals surface area contributed by atoms with Crippen LogP contribution in [0, 0.1) is 5.92 Å². The van der Waals surface area contributed by atoms with Gasteiger partial charge in [-0.2, -0.15) is 0 Å². The maximum atomic E-state index is 12.6. The van der Waals surface area contributed by atoms with E-state index in [9.17, 15) is 29.4 Å². The van der Waals surface area contributed by atoms with Gasteiger partial charge in [0.05, 0.1) is 12.6 Å². The summed E-state index contributed by atoms with van der Waals surface area (Å²) < 4.78 is 0. The van der Waals surface area contributed by atoms with Crippen molar-refractivity contribution in [1.29, 1.82) is 0 Å². The maximum absolute atomic E-state index is 12.6. The fraction of sp³-hybridized carbons (Fsp3) is 0.778. The van der Waals surface area contributed by atoms with Gasteiger partial charge in [0, 0.05) is 0 Å². The Bertz CT molecular complexity index is 555. The zero-order chi connectivity index (χ0) is 22.6. The van der Waals surface area contributed by atoms with Crippen LogP contribution in [0.1, 0.15) is 46.5 Å². The van der Waals surface area contributed by atoms with Crippen LogP contribution in [0.3, 0.4) is 0 Å². The second-order valence-corrected chi connectivity index (χ2v) is 7.36. The predicted octanol–water partition coefficient (Wildman–Crippen LogP) is -1.96. The molecule has 168 valence electrons. The van der Waals surface area contributed by atoms with Gasteiger partial charge in [0.1, 0.15) is 18.1 Å². The molecule has 0 heterocycles. The molecule has 29 heavy (non-hydrogen) atoms. The first kappa shape index (κ1) is 26.8. The summed E-state index contributed by atoms with van der Waals surface area (Å²) in [4.78, 5) is 48.1. The molecular weight excluding hydrogens is 382 g/mol. The van der Waals surface area contributed by atoms with E-state index < -0.39 is 47.9 Å². The van der Waals surface area contributed by atoms with Crippen LogP contribution in [0.5, 0.6) is 0 Å². The van der Waals surface area contributed by atoms with Gasteiger partial charge >= 0.3 is 5.97 Å². The van der Waals surface area contributed by atoms with Crippen molar-refractivity contribution in [3.8, 4) is 0 Å². The van der Waals surface area contributed by atoms with Crippen molar-refractivity contribution in [3.05, 3.63) is 0 Å². The lowest BCUT2D eigenvalue weighted by Crippen LogP contribution is -2.58. The Morgan fingerprint density at radius 3 is 1.93 bits per heavy atom. The third-order valence-electron chi connectivity index (χ3n) is 4.17. The number of amides is 3. The Labute approximate surface area is 171 Å². The highest BCUT2D eigenvalue weighted by Gasteiger charge is 2.31. The molecule has 0 aliphatic carbocycles. The highest BCUT2D eigenvalue weighted by Crippen LogP contribution is 2.08. The fourth-order valence-electron chi connectivity index (χ4n) is 2.63. The summed E-state index contributed by atoms with van der Waals surface area (Å²) in [5.74, 6) is -3.20. The Balaban J connectivity index is 5.31. The molecule has 11 nitrogen and oxygen atoms in total. The van der Waals surface area contributed by atoms with Crippen molar-refractivity contribution in [2.45, 2.75) is 70.7 Å². The van der Waals surface area contributed by atoms with Crippen LogP contribution in [0.15, 0.2) is 0 Å². The van der Waals surface area contributed by atoms with Crippen LogP contribution in [0.2, 0.25) is 0 Å². The summed E-state index contributed by atoms with van der Waals surface area (Å²) in [7, 11) is 0. The van der Waals surface area contributed by atoms with Gasteiger partial charge in [-0.15, -0.1) is 0 Å². The van der Waals surface area contributed by atoms with Crippen LogP contribution >= 0.6 is 0 Å². The molecule has 0 fully saturated rings. The monoisotopic (exact) mass is 417 g/mol. The Morgan fingerprint density at radius 2 is 1.48 bits per heavy atom. The SMILES string of the molecule is CC(C)CC(NC(=O)C(CCCCN)NC(=O)C(NC(=O)CN)C(C)O)C(=O)O. The number of carbonyl (C=O) groups excluding carboxylic acids is 3. The third-order valence-corrected chi connectivity index (χ3v) is 4.17. The van der Waals surface area contributed by atoms with Gasteiger partial charge in [0.25, 0.3) is 0 Å². The van der Waals surface area contributed by atoms with Gasteiger partial charge in [-0.3, -0.25) is 14.4 Å². The summed E-state index contributed by atoms with van der Waals surface area (Å²) in [5, 5.41) is 26.3. The summed E-state index contributed by atoms with van der Waals surface area (Å²) in [6.45, 7) is 5.00. The second kappa shape index (κ2) is 13.9. The number of rotatable bonds is 14. The Hall–Kier alpha value is -2.24. The van der Waals surface area contributed by atoms with Crippen molar-refractivity contribution in [2.75, 3.05) is 13.1 Å². The zero-order valence-electron chi connectivity index (χ0n) is 17.3. The van der Waals surface area contributed by atoms with Crippen LogP contribution in [-0.2, 0) is 19.2 Å². The van der Waals surface area contributed by atoms with Crippen molar-refractivity contribution >= 4 is 23.7 Å². The standard InChI is InChI=1S/C18H35N5O6/c1-10(2)8-13(18(28)29)22-16(26)12(6-4-5-7-19)21-17(27)15(11(3)24)23-14(25)9-20/h10-13,15,24H,4-9,19-20H2,1-3H3,(H,21,27)(H,22,26)(H,23,25)(H,28,29). The van der Waals surface area contributed by atoms with Crippen LogP contribution < -0.4 is 27.4 Å². The van der Waals surface area contributed by atoms with Crippen molar-refractivity contribution < 1.29 is 29.4 Å². The van der Waals surface area contributed by atoms with Gasteiger partial charge < -0.3 is 37.6 Å². The van der Waals surface area contributed by atoms with E-state index in [4.69, 9.17) is 11.5 Å². The molecule has 9 N–H and O–H groups in total. The average molecular weight is 418 g/mol. The molecule has 4 unspecified atom stereocenters. The molecule has 0 spiro atoms. The number of carbonyl (C=O) groups is 4. The molecule has 0 aromatic rings. The average Bonchev–Trinajstić information content (AvgIpc) is 2.63. The minimum Gasteiger partial charge on any atom is -0.480 e. The number of carboxylic acids is 1. The van der Waals surface area contributed by atoms with E-state index in [0.29, 0.717) is 19.4 Å². The summed E-state index contributed by atoms with van der Waals surface area (Å²) >= 11 is 0. The van der Waals surface area contributed by atoms with Crippen LogP contribution in [0.25, 0.3) is 0 Å². The number of aliphatic carboxylic acids is 1. The summed E-state index contributed by atoms with van der Waals surface area (Å²) in [5.41, 5.74) is 10.7. The topological polar surface area (TPSA) is 197 Å². The fourth-order valence-corrected chi connectivity index (χ4v) is 2.63. The van der Waals surface area contributed by atoms with E-state index in [-0.39, 0.29) is 25.3 Å². The van der Waals surface area contributed by atoms with Crippen LogP contribution in [0.4, 0.5) is 0 Å². The minimum absolute atomic E-state index is 0.0350. The number of nitrogens with one attached hydrogen (secondary N) is 3. The van der Waals surface area contributed by atoms with Crippen LogP contribution in [-0.4, -0.2) is 71.2 Å². The zero-order valence-corrected chi connectivity index (χ0v) is 17.3. The molecule has 11 heteroatoms. The lowest BCUT2D eigenvalue weighted by molar-refractivity contribution is -0.143. The first-order valence-electron chi connectivity index (χ1n) is 9.74. The number of carboxylic acid groups (broad SMARTS) is 1. The molecular formula is C18H35N5O6. The normalized spacial score (nSPS) is 15.1. The van der Waals surface area contributed by atoms with Crippen molar-refractivity contribution in [3.63, 3.8) is 0 Å². The molecule has 0 aliphatic rings. The summed E-state index contributed by atoms with van der Waals surface area (Å²) in [6.07, 6.45) is 0.349. The van der Waals surface area contributed by atoms with E-state index >= 15 is 0 Å². The van der Waals surface area contributed by atoms with Gasteiger partial charge in [0.15, 0.2) is 0 Å². The van der Waals surface area contributed by atoms with E-state index in [1.165, 1.54) is 6.92 Å². The molecule has 0 saturated heterocycles. The molecule has 3 amide bonds. The first-order chi connectivity index (χ1) is 13.5. The van der Waals surface area contributed by atoms with Crippen molar-refractivity contribution in [2.24, 2.45) is 17.4 Å². The van der Waals surface area contributed by atoms with E-state index in [0.717, 1.165) is 0 Å². The number of aliphatic hydroxyl groups is 1. The molecule has 0 aliphatic heterocycles.